The molecule has 1 aromatic heterocycles. The number of carbonyl (C=O) groups is 1. The highest BCUT2D eigenvalue weighted by Gasteiger charge is 2.20. The summed E-state index contributed by atoms with van der Waals surface area (Å²) in [6.45, 7) is 8.60. The van der Waals surface area contributed by atoms with E-state index in [1.807, 2.05) is 50.1 Å². The lowest BCUT2D eigenvalue weighted by Gasteiger charge is -2.31. The van der Waals surface area contributed by atoms with E-state index in [1.165, 1.54) is 0 Å². The Bertz CT molecular complexity index is 803. The lowest BCUT2D eigenvalue weighted by molar-refractivity contribution is -0.117. The first kappa shape index (κ1) is 22.0. The van der Waals surface area contributed by atoms with Gasteiger partial charge < -0.3 is 28.8 Å². The lowest BCUT2D eigenvalue weighted by atomic mass is 10.2. The van der Waals surface area contributed by atoms with E-state index in [2.05, 4.69) is 10.2 Å². The van der Waals surface area contributed by atoms with Crippen LogP contribution in [0.25, 0.3) is 0 Å². The van der Waals surface area contributed by atoms with E-state index < -0.39 is 0 Å². The second kappa shape index (κ2) is 10.9. The van der Waals surface area contributed by atoms with Gasteiger partial charge in [0.1, 0.15) is 17.3 Å². The van der Waals surface area contributed by atoms with Crippen LogP contribution in [-0.2, 0) is 16.1 Å². The summed E-state index contributed by atoms with van der Waals surface area (Å²) in [6.07, 6.45) is 1.63. The van der Waals surface area contributed by atoms with Crippen molar-refractivity contribution in [2.45, 2.75) is 20.4 Å². The number of rotatable bonds is 10. The third kappa shape index (κ3) is 5.90. The van der Waals surface area contributed by atoms with E-state index in [9.17, 15) is 4.79 Å². The second-order valence-electron chi connectivity index (χ2n) is 7.08. The summed E-state index contributed by atoms with van der Waals surface area (Å²) in [5, 5.41) is 2.98. The maximum absolute atomic E-state index is 12.7. The average molecular weight is 418 g/mol. The van der Waals surface area contributed by atoms with Gasteiger partial charge in [-0.3, -0.25) is 9.69 Å². The number of furan rings is 1. The van der Waals surface area contributed by atoms with Crippen LogP contribution >= 0.6 is 0 Å². The Labute approximate surface area is 177 Å². The SMILES string of the molecule is CCOc1cc(N2CCOCC2)c(OCC)cc1NC(=O)CN(C)Cc1ccco1. The molecule has 8 heteroatoms. The number of nitrogens with zero attached hydrogens (tertiary/aromatic N) is 2. The van der Waals surface area contributed by atoms with E-state index >= 15 is 0 Å². The van der Waals surface area contributed by atoms with Crippen molar-refractivity contribution in [1.29, 1.82) is 0 Å². The summed E-state index contributed by atoms with van der Waals surface area (Å²) < 4.78 is 22.5. The van der Waals surface area contributed by atoms with Crippen LogP contribution in [0.2, 0.25) is 0 Å². The number of carbonyl (C=O) groups excluding carboxylic acids is 1. The zero-order valence-corrected chi connectivity index (χ0v) is 18.0. The molecule has 0 aliphatic carbocycles. The first-order chi connectivity index (χ1) is 14.6. The fourth-order valence-corrected chi connectivity index (χ4v) is 3.40. The van der Waals surface area contributed by atoms with Crippen molar-refractivity contribution in [3.8, 4) is 11.5 Å². The predicted molar refractivity (Wildman–Crippen MR) is 115 cm³/mol. The van der Waals surface area contributed by atoms with Gasteiger partial charge in [0.25, 0.3) is 0 Å². The van der Waals surface area contributed by atoms with Crippen molar-refractivity contribution in [2.24, 2.45) is 0 Å². The number of likely N-dealkylation sites (N-methyl/N-ethyl adjacent to an activating group) is 1. The fraction of sp³-hybridized carbons (Fsp3) is 0.500. The van der Waals surface area contributed by atoms with Crippen molar-refractivity contribution < 1.29 is 23.4 Å². The van der Waals surface area contributed by atoms with Crippen LogP contribution in [0.15, 0.2) is 34.9 Å². The molecule has 3 rings (SSSR count). The molecular formula is C22H31N3O5. The number of nitrogens with one attached hydrogen (secondary N) is 1. The number of anilines is 2. The summed E-state index contributed by atoms with van der Waals surface area (Å²) in [4.78, 5) is 16.8. The summed E-state index contributed by atoms with van der Waals surface area (Å²) in [5.74, 6) is 2.03. The minimum Gasteiger partial charge on any atom is -0.492 e. The van der Waals surface area contributed by atoms with Gasteiger partial charge in [-0.25, -0.2) is 0 Å². The van der Waals surface area contributed by atoms with Gasteiger partial charge in [-0.15, -0.1) is 0 Å². The van der Waals surface area contributed by atoms with Crippen LogP contribution in [0.4, 0.5) is 11.4 Å². The topological polar surface area (TPSA) is 76.4 Å². The van der Waals surface area contributed by atoms with Crippen LogP contribution in [0, 0.1) is 0 Å². The van der Waals surface area contributed by atoms with Gasteiger partial charge in [-0.2, -0.15) is 0 Å². The summed E-state index contributed by atoms with van der Waals surface area (Å²) in [6, 6.07) is 7.52. The van der Waals surface area contributed by atoms with Gasteiger partial charge >= 0.3 is 0 Å². The van der Waals surface area contributed by atoms with Crippen LogP contribution in [0.1, 0.15) is 19.6 Å². The highest BCUT2D eigenvalue weighted by atomic mass is 16.5. The van der Waals surface area contributed by atoms with Gasteiger partial charge in [0.05, 0.1) is 57.2 Å². The molecule has 1 amide bonds. The largest absolute Gasteiger partial charge is 0.492 e. The Balaban J connectivity index is 1.76. The van der Waals surface area contributed by atoms with E-state index in [0.717, 1.165) is 30.3 Å². The quantitative estimate of drug-likeness (QED) is 0.637. The summed E-state index contributed by atoms with van der Waals surface area (Å²) in [5.41, 5.74) is 1.56. The standard InChI is InChI=1S/C22H31N3O5/c1-4-28-20-14-19(25-8-11-27-12-9-25)21(29-5-2)13-18(20)23-22(26)16-24(3)15-17-7-6-10-30-17/h6-7,10,13-14H,4-5,8-9,11-12,15-16H2,1-3H3,(H,23,26). The van der Waals surface area contributed by atoms with Gasteiger partial charge in [-0.1, -0.05) is 0 Å². The molecule has 30 heavy (non-hydrogen) atoms. The molecule has 0 saturated carbocycles. The van der Waals surface area contributed by atoms with E-state index in [1.54, 1.807) is 6.26 Å². The van der Waals surface area contributed by atoms with Crippen molar-refractivity contribution >= 4 is 17.3 Å². The van der Waals surface area contributed by atoms with Gasteiger partial charge in [0.2, 0.25) is 5.91 Å². The van der Waals surface area contributed by atoms with Gasteiger partial charge in [-0.05, 0) is 33.0 Å². The molecule has 0 atom stereocenters. The first-order valence-corrected chi connectivity index (χ1v) is 10.4. The number of benzene rings is 1. The van der Waals surface area contributed by atoms with Crippen molar-refractivity contribution in [3.63, 3.8) is 0 Å². The normalized spacial score (nSPS) is 14.1. The van der Waals surface area contributed by atoms with Gasteiger partial charge in [0, 0.05) is 25.2 Å². The Hall–Kier alpha value is -2.71. The summed E-state index contributed by atoms with van der Waals surface area (Å²) >= 11 is 0. The molecule has 1 aliphatic rings. The molecule has 1 aromatic carbocycles. The van der Waals surface area contributed by atoms with Crippen molar-refractivity contribution in [2.75, 3.05) is 63.3 Å². The Morgan fingerprint density at radius 2 is 1.90 bits per heavy atom. The van der Waals surface area contributed by atoms with E-state index in [4.69, 9.17) is 18.6 Å². The monoisotopic (exact) mass is 417 g/mol. The summed E-state index contributed by atoms with van der Waals surface area (Å²) in [7, 11) is 1.87. The molecule has 0 spiro atoms. The number of ether oxygens (including phenoxy) is 3. The number of morpholine rings is 1. The molecule has 0 radical (unpaired) electrons. The highest BCUT2D eigenvalue weighted by Crippen LogP contribution is 2.39. The van der Waals surface area contributed by atoms with Crippen LogP contribution in [-0.4, -0.2) is 63.9 Å². The molecule has 0 bridgehead atoms. The Kier molecular flexibility index (Phi) is 7.98. The molecule has 1 saturated heterocycles. The third-order valence-electron chi connectivity index (χ3n) is 4.71. The predicted octanol–water partition coefficient (Wildman–Crippen LogP) is 2.98. The Morgan fingerprint density at radius 3 is 2.57 bits per heavy atom. The molecule has 8 nitrogen and oxygen atoms in total. The van der Waals surface area contributed by atoms with Gasteiger partial charge in [0.15, 0.2) is 0 Å². The molecular weight excluding hydrogens is 386 g/mol. The Morgan fingerprint density at radius 1 is 1.17 bits per heavy atom. The molecule has 164 valence electrons. The van der Waals surface area contributed by atoms with Crippen LogP contribution < -0.4 is 19.7 Å². The number of amides is 1. The maximum atomic E-state index is 12.7. The molecule has 1 N–H and O–H groups in total. The minimum absolute atomic E-state index is 0.133. The smallest absolute Gasteiger partial charge is 0.238 e. The zero-order valence-electron chi connectivity index (χ0n) is 18.0. The van der Waals surface area contributed by atoms with Crippen LogP contribution in [0.3, 0.4) is 0 Å². The molecule has 1 aliphatic heterocycles. The molecule has 0 unspecified atom stereocenters. The first-order valence-electron chi connectivity index (χ1n) is 10.4. The molecule has 2 heterocycles. The lowest BCUT2D eigenvalue weighted by Crippen LogP contribution is -2.36. The van der Waals surface area contributed by atoms with Crippen LogP contribution in [0.5, 0.6) is 11.5 Å². The van der Waals surface area contributed by atoms with E-state index in [0.29, 0.717) is 44.4 Å². The number of hydrogen-bond donors (Lipinski definition) is 1. The average Bonchev–Trinajstić information content (AvgIpc) is 3.23. The highest BCUT2D eigenvalue weighted by molar-refractivity contribution is 5.94. The zero-order chi connectivity index (χ0) is 21.3. The minimum atomic E-state index is -0.133. The van der Waals surface area contributed by atoms with Crippen molar-refractivity contribution in [3.05, 3.63) is 36.3 Å². The number of hydrogen-bond acceptors (Lipinski definition) is 7. The van der Waals surface area contributed by atoms with Crippen molar-refractivity contribution in [1.82, 2.24) is 4.90 Å². The fourth-order valence-electron chi connectivity index (χ4n) is 3.40. The second-order valence-corrected chi connectivity index (χ2v) is 7.08. The maximum Gasteiger partial charge on any atom is 0.238 e. The third-order valence-corrected chi connectivity index (χ3v) is 4.71. The molecule has 2 aromatic rings. The van der Waals surface area contributed by atoms with E-state index in [-0.39, 0.29) is 12.5 Å². The molecule has 1 fully saturated rings.